The molecule has 2 heterocycles. The van der Waals surface area contributed by atoms with Crippen molar-refractivity contribution in [3.8, 4) is 5.69 Å². The smallest absolute Gasteiger partial charge is 0.305 e. The number of fused-ring (bicyclic) bond motifs is 1. The highest BCUT2D eigenvalue weighted by Gasteiger charge is 2.15. The van der Waals surface area contributed by atoms with Gasteiger partial charge < -0.3 is 4.74 Å². The number of nitrogens with one attached hydrogen (secondary N) is 1. The zero-order chi connectivity index (χ0) is 24.1. The summed E-state index contributed by atoms with van der Waals surface area (Å²) in [4.78, 5) is 42.4. The highest BCUT2D eigenvalue weighted by atomic mass is 16.5. The van der Waals surface area contributed by atoms with Crippen LogP contribution in [0.15, 0.2) is 69.3 Å². The van der Waals surface area contributed by atoms with Crippen molar-refractivity contribution in [1.82, 2.24) is 19.4 Å². The maximum Gasteiger partial charge on any atom is 0.305 e. The normalized spacial score (nSPS) is 11.4. The average Bonchev–Trinajstić information content (AvgIpc) is 3.15. The number of aromatic nitrogens is 4. The van der Waals surface area contributed by atoms with Gasteiger partial charge in [-0.25, -0.2) is 9.67 Å². The first-order chi connectivity index (χ1) is 16.5. The van der Waals surface area contributed by atoms with Gasteiger partial charge in [-0.1, -0.05) is 30.3 Å². The summed E-state index contributed by atoms with van der Waals surface area (Å²) in [6, 6.07) is 16.2. The number of benzene rings is 2. The van der Waals surface area contributed by atoms with Crippen LogP contribution in [0.5, 0.6) is 0 Å². The lowest BCUT2D eigenvalue weighted by Crippen LogP contribution is -2.22. The van der Waals surface area contributed by atoms with Gasteiger partial charge in [0.25, 0.3) is 11.1 Å². The van der Waals surface area contributed by atoms with Gasteiger partial charge in [0.05, 0.1) is 35.0 Å². The monoisotopic (exact) mass is 459 g/mol. The topological polar surface area (TPSA) is 111 Å². The minimum absolute atomic E-state index is 0.232. The van der Waals surface area contributed by atoms with E-state index >= 15 is 0 Å². The lowest BCUT2D eigenvalue weighted by Gasteiger charge is -2.05. The Bertz CT molecular complexity index is 1460. The van der Waals surface area contributed by atoms with E-state index in [1.807, 2.05) is 36.4 Å². The molecule has 2 aromatic heterocycles. The van der Waals surface area contributed by atoms with Crippen molar-refractivity contribution in [3.05, 3.63) is 92.4 Å². The number of nitrogens with zero attached hydrogens (tertiary/aromatic N) is 4. The SMILES string of the molecule is CCOC(=O)CCCc1[nH]n(-c2ccccc2)c(=O)c1/C=N/n1c(C)nc2ccccc2c1=O. The molecule has 34 heavy (non-hydrogen) atoms. The lowest BCUT2D eigenvalue weighted by molar-refractivity contribution is -0.143. The molecule has 0 aliphatic carbocycles. The van der Waals surface area contributed by atoms with Crippen LogP contribution in [0.1, 0.15) is 36.8 Å². The van der Waals surface area contributed by atoms with Crippen molar-refractivity contribution in [2.24, 2.45) is 5.10 Å². The van der Waals surface area contributed by atoms with Crippen molar-refractivity contribution >= 4 is 23.1 Å². The molecule has 0 saturated heterocycles. The minimum Gasteiger partial charge on any atom is -0.466 e. The zero-order valence-corrected chi connectivity index (χ0v) is 19.0. The Morgan fingerprint density at radius 3 is 2.59 bits per heavy atom. The Morgan fingerprint density at radius 2 is 1.82 bits per heavy atom. The second-order valence-corrected chi connectivity index (χ2v) is 7.68. The van der Waals surface area contributed by atoms with Gasteiger partial charge >= 0.3 is 5.97 Å². The van der Waals surface area contributed by atoms with Crippen molar-refractivity contribution in [2.45, 2.75) is 33.1 Å². The summed E-state index contributed by atoms with van der Waals surface area (Å²) in [6.45, 7) is 3.77. The predicted octanol–water partition coefficient (Wildman–Crippen LogP) is 2.95. The molecule has 0 spiro atoms. The fourth-order valence-electron chi connectivity index (χ4n) is 3.71. The van der Waals surface area contributed by atoms with Crippen molar-refractivity contribution < 1.29 is 9.53 Å². The molecule has 0 aliphatic heterocycles. The van der Waals surface area contributed by atoms with Gasteiger partial charge in [0.15, 0.2) is 0 Å². The molecule has 4 aromatic rings. The maximum atomic E-state index is 13.2. The summed E-state index contributed by atoms with van der Waals surface area (Å²) >= 11 is 0. The van der Waals surface area contributed by atoms with Crippen molar-refractivity contribution in [1.29, 1.82) is 0 Å². The molecular weight excluding hydrogens is 434 g/mol. The molecule has 1 N–H and O–H groups in total. The highest BCUT2D eigenvalue weighted by molar-refractivity contribution is 5.81. The Morgan fingerprint density at radius 1 is 1.09 bits per heavy atom. The van der Waals surface area contributed by atoms with Crippen LogP contribution < -0.4 is 11.1 Å². The summed E-state index contributed by atoms with van der Waals surface area (Å²) in [7, 11) is 0. The van der Waals surface area contributed by atoms with Gasteiger partial charge in [-0.2, -0.15) is 9.78 Å². The number of H-pyrrole nitrogens is 1. The predicted molar refractivity (Wildman–Crippen MR) is 130 cm³/mol. The highest BCUT2D eigenvalue weighted by Crippen LogP contribution is 2.11. The van der Waals surface area contributed by atoms with Crippen LogP contribution in [-0.4, -0.2) is 38.2 Å². The molecule has 9 heteroatoms. The van der Waals surface area contributed by atoms with Gasteiger partial charge in [-0.15, -0.1) is 0 Å². The quantitative estimate of drug-likeness (QED) is 0.322. The summed E-state index contributed by atoms with van der Waals surface area (Å²) in [5, 5.41) is 7.88. The molecule has 4 rings (SSSR count). The van der Waals surface area contributed by atoms with Crippen LogP contribution in [-0.2, 0) is 16.0 Å². The zero-order valence-electron chi connectivity index (χ0n) is 19.0. The van der Waals surface area contributed by atoms with Gasteiger partial charge in [0.1, 0.15) is 5.82 Å². The van der Waals surface area contributed by atoms with Crippen LogP contribution in [0.4, 0.5) is 0 Å². The molecule has 0 aliphatic rings. The van der Waals surface area contributed by atoms with Crippen LogP contribution >= 0.6 is 0 Å². The third-order valence-corrected chi connectivity index (χ3v) is 5.35. The first-order valence-electron chi connectivity index (χ1n) is 11.1. The number of aryl methyl sites for hydroxylation is 2. The largest absolute Gasteiger partial charge is 0.466 e. The minimum atomic E-state index is -0.317. The summed E-state index contributed by atoms with van der Waals surface area (Å²) in [5.41, 5.74) is 1.56. The first kappa shape index (κ1) is 22.9. The third kappa shape index (κ3) is 4.73. The lowest BCUT2D eigenvalue weighted by atomic mass is 10.1. The van der Waals surface area contributed by atoms with Crippen LogP contribution in [0, 0.1) is 6.92 Å². The van der Waals surface area contributed by atoms with Gasteiger partial charge in [-0.05, 0) is 51.0 Å². The number of esters is 1. The van der Waals surface area contributed by atoms with Crippen molar-refractivity contribution in [3.63, 3.8) is 0 Å². The maximum absolute atomic E-state index is 13.2. The summed E-state index contributed by atoms with van der Waals surface area (Å²) < 4.78 is 7.60. The first-order valence-corrected chi connectivity index (χ1v) is 11.1. The molecule has 0 fully saturated rings. The number of carbonyl (C=O) groups excluding carboxylic acids is 1. The second kappa shape index (κ2) is 10.1. The molecule has 0 unspecified atom stereocenters. The molecule has 0 saturated carbocycles. The molecule has 0 atom stereocenters. The van der Waals surface area contributed by atoms with Gasteiger partial charge in [-0.3, -0.25) is 19.5 Å². The van der Waals surface area contributed by atoms with Gasteiger partial charge in [0, 0.05) is 12.1 Å². The van der Waals surface area contributed by atoms with E-state index in [9.17, 15) is 14.4 Å². The van der Waals surface area contributed by atoms with Crippen LogP contribution in [0.3, 0.4) is 0 Å². The number of para-hydroxylation sites is 2. The Balaban J connectivity index is 1.73. The molecule has 2 aromatic carbocycles. The van der Waals surface area contributed by atoms with Crippen molar-refractivity contribution in [2.75, 3.05) is 6.61 Å². The Labute approximate surface area is 195 Å². The van der Waals surface area contributed by atoms with E-state index in [4.69, 9.17) is 4.74 Å². The molecule has 0 bridgehead atoms. The van der Waals surface area contributed by atoms with E-state index in [0.29, 0.717) is 53.1 Å². The molecular formula is C25H25N5O4. The van der Waals surface area contributed by atoms with E-state index in [0.717, 1.165) is 0 Å². The number of ether oxygens (including phenoxy) is 1. The second-order valence-electron chi connectivity index (χ2n) is 7.68. The number of hydrogen-bond donors (Lipinski definition) is 1. The summed E-state index contributed by atoms with van der Waals surface area (Å²) in [5.74, 6) is 0.120. The summed E-state index contributed by atoms with van der Waals surface area (Å²) in [6.07, 6.45) is 2.53. The van der Waals surface area contributed by atoms with E-state index in [2.05, 4.69) is 15.2 Å². The average molecular weight is 460 g/mol. The van der Waals surface area contributed by atoms with E-state index in [1.165, 1.54) is 15.6 Å². The van der Waals surface area contributed by atoms with Crippen LogP contribution in [0.2, 0.25) is 0 Å². The van der Waals surface area contributed by atoms with E-state index < -0.39 is 0 Å². The van der Waals surface area contributed by atoms with E-state index in [1.54, 1.807) is 32.0 Å². The number of carbonyl (C=O) groups is 1. The number of rotatable bonds is 8. The number of aromatic amines is 1. The third-order valence-electron chi connectivity index (χ3n) is 5.35. The van der Waals surface area contributed by atoms with Gasteiger partial charge in [0.2, 0.25) is 0 Å². The fourth-order valence-corrected chi connectivity index (χ4v) is 3.71. The standard InChI is InChI=1S/C25H25N5O4/c1-3-34-23(31)15-9-14-22-20(25(33)30(28-22)18-10-5-4-6-11-18)16-26-29-17(2)27-21-13-8-7-12-19(21)24(29)32/h4-8,10-13,16,28H,3,9,14-15H2,1-2H3/b26-16+. The Kier molecular flexibility index (Phi) is 6.82. The number of hydrogen-bond acceptors (Lipinski definition) is 6. The molecule has 174 valence electrons. The van der Waals surface area contributed by atoms with Crippen LogP contribution in [0.25, 0.3) is 16.6 Å². The molecule has 9 nitrogen and oxygen atoms in total. The molecule has 0 amide bonds. The Hall–Kier alpha value is -4.27. The fraction of sp³-hybridized carbons (Fsp3) is 0.240. The van der Waals surface area contributed by atoms with E-state index in [-0.39, 0.29) is 23.5 Å². The molecule has 0 radical (unpaired) electrons.